The van der Waals surface area contributed by atoms with Crippen LogP contribution in [-0.4, -0.2) is 0 Å². The molecule has 0 aliphatic rings. The first kappa shape index (κ1) is 14.2. The molecule has 0 atom stereocenters. The Morgan fingerprint density at radius 1 is 1.05 bits per heavy atom. The molecule has 102 valence electrons. The first-order valence-electron chi connectivity index (χ1n) is 5.54. The van der Waals surface area contributed by atoms with Crippen LogP contribution in [-0.2, 0) is 6.18 Å². The molecule has 6 heteroatoms. The van der Waals surface area contributed by atoms with Crippen LogP contribution in [0.1, 0.15) is 11.1 Å². The first-order valence-corrected chi connectivity index (χ1v) is 5.92. The molecule has 0 aromatic heterocycles. The van der Waals surface area contributed by atoms with E-state index in [9.17, 15) is 13.2 Å². The number of para-hydroxylation sites is 1. The van der Waals surface area contributed by atoms with E-state index in [2.05, 4.69) is 5.32 Å². The zero-order chi connectivity index (χ0) is 14.8. The van der Waals surface area contributed by atoms with Gasteiger partial charge in [-0.3, -0.25) is 0 Å². The van der Waals surface area contributed by atoms with Crippen molar-refractivity contribution < 1.29 is 13.2 Å². The molecule has 0 amide bonds. The van der Waals surface area contributed by atoms with E-state index in [-0.39, 0.29) is 16.9 Å². The van der Waals surface area contributed by atoms with Crippen LogP contribution in [0.5, 0.6) is 0 Å². The molecule has 2 aromatic rings. The number of rotatable bonds is 2. The third kappa shape index (κ3) is 3.03. The highest BCUT2D eigenvalue weighted by Crippen LogP contribution is 2.36. The van der Waals surface area contributed by atoms with E-state index in [4.69, 9.17) is 16.9 Å². The van der Waals surface area contributed by atoms with Crippen LogP contribution in [0.4, 0.5) is 24.5 Å². The second kappa shape index (κ2) is 5.43. The SMILES string of the molecule is N#Cc1ccc(Cl)cc1Nc1ccccc1C(F)(F)F. The number of nitriles is 1. The smallest absolute Gasteiger partial charge is 0.354 e. The molecule has 2 nitrogen and oxygen atoms in total. The van der Waals surface area contributed by atoms with Gasteiger partial charge in [-0.1, -0.05) is 23.7 Å². The second-order valence-electron chi connectivity index (χ2n) is 3.97. The largest absolute Gasteiger partial charge is 0.418 e. The number of hydrogen-bond donors (Lipinski definition) is 1. The van der Waals surface area contributed by atoms with Crippen LogP contribution in [0.3, 0.4) is 0 Å². The van der Waals surface area contributed by atoms with E-state index < -0.39 is 11.7 Å². The summed E-state index contributed by atoms with van der Waals surface area (Å²) in [5, 5.41) is 11.9. The van der Waals surface area contributed by atoms with Gasteiger partial charge in [0.15, 0.2) is 0 Å². The van der Waals surface area contributed by atoms with Crippen molar-refractivity contribution in [2.45, 2.75) is 6.18 Å². The molecule has 0 spiro atoms. The number of alkyl halides is 3. The quantitative estimate of drug-likeness (QED) is 0.849. The zero-order valence-corrected chi connectivity index (χ0v) is 10.8. The Bertz CT molecular complexity index is 675. The fourth-order valence-corrected chi connectivity index (χ4v) is 1.87. The maximum atomic E-state index is 12.9. The van der Waals surface area contributed by atoms with E-state index in [1.54, 1.807) is 0 Å². The molecule has 0 unspecified atom stereocenters. The van der Waals surface area contributed by atoms with Gasteiger partial charge in [0.05, 0.1) is 22.5 Å². The molecule has 1 N–H and O–H groups in total. The molecule has 0 saturated carbocycles. The van der Waals surface area contributed by atoms with Gasteiger partial charge in [-0.15, -0.1) is 0 Å². The van der Waals surface area contributed by atoms with Gasteiger partial charge in [-0.2, -0.15) is 18.4 Å². The third-order valence-electron chi connectivity index (χ3n) is 2.60. The summed E-state index contributed by atoms with van der Waals surface area (Å²) < 4.78 is 38.6. The lowest BCUT2D eigenvalue weighted by atomic mass is 10.1. The Hall–Kier alpha value is -2.19. The molecule has 20 heavy (non-hydrogen) atoms. The van der Waals surface area contributed by atoms with Gasteiger partial charge in [-0.05, 0) is 30.3 Å². The predicted molar refractivity (Wildman–Crippen MR) is 70.9 cm³/mol. The highest BCUT2D eigenvalue weighted by molar-refractivity contribution is 6.30. The van der Waals surface area contributed by atoms with Crippen molar-refractivity contribution in [3.05, 3.63) is 58.6 Å². The summed E-state index contributed by atoms with van der Waals surface area (Å²) in [7, 11) is 0. The number of nitrogens with zero attached hydrogens (tertiary/aromatic N) is 1. The van der Waals surface area contributed by atoms with Crippen LogP contribution >= 0.6 is 11.6 Å². The first-order chi connectivity index (χ1) is 9.41. The number of hydrogen-bond acceptors (Lipinski definition) is 2. The normalized spacial score (nSPS) is 10.9. The molecule has 0 aliphatic carbocycles. The lowest BCUT2D eigenvalue weighted by molar-refractivity contribution is -0.136. The Morgan fingerprint density at radius 2 is 1.75 bits per heavy atom. The standard InChI is InChI=1S/C14H8ClF3N2/c15-10-6-5-9(8-19)13(7-10)20-12-4-2-1-3-11(12)14(16,17)18/h1-7,20H. The van der Waals surface area contributed by atoms with E-state index in [0.717, 1.165) is 6.07 Å². The van der Waals surface area contributed by atoms with Crippen molar-refractivity contribution in [2.24, 2.45) is 0 Å². The highest BCUT2D eigenvalue weighted by atomic mass is 35.5. The monoisotopic (exact) mass is 296 g/mol. The summed E-state index contributed by atoms with van der Waals surface area (Å²) in [5.74, 6) is 0. The number of halogens is 4. The summed E-state index contributed by atoms with van der Waals surface area (Å²) >= 11 is 5.80. The van der Waals surface area contributed by atoms with Crippen LogP contribution < -0.4 is 5.32 Å². The Labute approximate surface area is 118 Å². The summed E-state index contributed by atoms with van der Waals surface area (Å²) in [6, 6.07) is 11.3. The summed E-state index contributed by atoms with van der Waals surface area (Å²) in [5.41, 5.74) is -0.481. The lowest BCUT2D eigenvalue weighted by Crippen LogP contribution is -2.08. The number of anilines is 2. The molecule has 2 rings (SSSR count). The predicted octanol–water partition coefficient (Wildman–Crippen LogP) is 4.97. The summed E-state index contributed by atoms with van der Waals surface area (Å²) in [6.45, 7) is 0. The van der Waals surface area contributed by atoms with Crippen LogP contribution in [0.2, 0.25) is 5.02 Å². The average molecular weight is 297 g/mol. The molecule has 0 radical (unpaired) electrons. The van der Waals surface area contributed by atoms with Crippen molar-refractivity contribution >= 4 is 23.0 Å². The fraction of sp³-hybridized carbons (Fsp3) is 0.0714. The van der Waals surface area contributed by atoms with Gasteiger partial charge in [0.1, 0.15) is 6.07 Å². The van der Waals surface area contributed by atoms with Gasteiger partial charge in [0.25, 0.3) is 0 Å². The molecular weight excluding hydrogens is 289 g/mol. The van der Waals surface area contributed by atoms with Gasteiger partial charge in [-0.25, -0.2) is 0 Å². The maximum absolute atomic E-state index is 12.9. The molecule has 0 bridgehead atoms. The zero-order valence-electron chi connectivity index (χ0n) is 10.0. The number of benzene rings is 2. The van der Waals surface area contributed by atoms with Crippen molar-refractivity contribution in [1.82, 2.24) is 0 Å². The topological polar surface area (TPSA) is 35.8 Å². The Kier molecular flexibility index (Phi) is 3.86. The molecule has 0 heterocycles. The molecular formula is C14H8ClF3N2. The number of nitrogens with one attached hydrogen (secondary N) is 1. The van der Waals surface area contributed by atoms with E-state index in [1.165, 1.54) is 36.4 Å². The van der Waals surface area contributed by atoms with Gasteiger partial charge >= 0.3 is 6.18 Å². The minimum absolute atomic E-state index is 0.126. The third-order valence-corrected chi connectivity index (χ3v) is 2.84. The minimum atomic E-state index is -4.48. The Morgan fingerprint density at radius 3 is 2.40 bits per heavy atom. The van der Waals surface area contributed by atoms with Crippen molar-refractivity contribution in [1.29, 1.82) is 5.26 Å². The summed E-state index contributed by atoms with van der Waals surface area (Å²) in [4.78, 5) is 0. The van der Waals surface area contributed by atoms with E-state index >= 15 is 0 Å². The second-order valence-corrected chi connectivity index (χ2v) is 4.41. The van der Waals surface area contributed by atoms with Crippen molar-refractivity contribution in [3.63, 3.8) is 0 Å². The average Bonchev–Trinajstić information content (AvgIpc) is 2.38. The summed E-state index contributed by atoms with van der Waals surface area (Å²) in [6.07, 6.45) is -4.48. The van der Waals surface area contributed by atoms with Crippen LogP contribution in [0.25, 0.3) is 0 Å². The van der Waals surface area contributed by atoms with E-state index in [1.807, 2.05) is 6.07 Å². The van der Waals surface area contributed by atoms with Crippen LogP contribution in [0.15, 0.2) is 42.5 Å². The van der Waals surface area contributed by atoms with Crippen LogP contribution in [0, 0.1) is 11.3 Å². The molecule has 0 fully saturated rings. The van der Waals surface area contributed by atoms with Crippen molar-refractivity contribution in [3.8, 4) is 6.07 Å². The van der Waals surface area contributed by atoms with Gasteiger partial charge < -0.3 is 5.32 Å². The minimum Gasteiger partial charge on any atom is -0.354 e. The molecule has 2 aromatic carbocycles. The van der Waals surface area contributed by atoms with Gasteiger partial charge in [0, 0.05) is 5.02 Å². The van der Waals surface area contributed by atoms with Gasteiger partial charge in [0.2, 0.25) is 0 Å². The maximum Gasteiger partial charge on any atom is 0.418 e. The lowest BCUT2D eigenvalue weighted by Gasteiger charge is -2.15. The molecule has 0 aliphatic heterocycles. The fourth-order valence-electron chi connectivity index (χ4n) is 1.70. The Balaban J connectivity index is 2.46. The molecule has 0 saturated heterocycles. The van der Waals surface area contributed by atoms with Crippen molar-refractivity contribution in [2.75, 3.05) is 5.32 Å². The highest BCUT2D eigenvalue weighted by Gasteiger charge is 2.33. The van der Waals surface area contributed by atoms with E-state index in [0.29, 0.717) is 5.02 Å².